The summed E-state index contributed by atoms with van der Waals surface area (Å²) in [6.07, 6.45) is 10.9. The van der Waals surface area contributed by atoms with Crippen molar-refractivity contribution in [1.82, 2.24) is 29.6 Å². The molecule has 9 heteroatoms. The number of aryl methyl sites for hydroxylation is 1. The molecule has 33 heavy (non-hydrogen) atoms. The number of pyridine rings is 1. The lowest BCUT2D eigenvalue weighted by Gasteiger charge is -2.28. The van der Waals surface area contributed by atoms with Gasteiger partial charge in [-0.05, 0) is 58.2 Å². The predicted molar refractivity (Wildman–Crippen MR) is 130 cm³/mol. The maximum Gasteiger partial charge on any atom is 0.151 e. The van der Waals surface area contributed by atoms with Gasteiger partial charge in [0.15, 0.2) is 5.82 Å². The van der Waals surface area contributed by atoms with E-state index >= 15 is 0 Å². The molecule has 2 fully saturated rings. The van der Waals surface area contributed by atoms with Crippen LogP contribution in [0.4, 0.5) is 11.6 Å². The first-order valence-electron chi connectivity index (χ1n) is 12.1. The molecule has 9 nitrogen and oxygen atoms in total. The second-order valence-corrected chi connectivity index (χ2v) is 9.36. The average Bonchev–Trinajstić information content (AvgIpc) is 3.29. The smallest absolute Gasteiger partial charge is 0.151 e. The van der Waals surface area contributed by atoms with Crippen LogP contribution in [0.5, 0.6) is 0 Å². The molecule has 2 aliphatic heterocycles. The Kier molecular flexibility index (Phi) is 6.41. The molecule has 2 aliphatic rings. The molecule has 0 aliphatic carbocycles. The third-order valence-electron chi connectivity index (χ3n) is 6.92. The fourth-order valence-electron chi connectivity index (χ4n) is 4.81. The van der Waals surface area contributed by atoms with Crippen molar-refractivity contribution in [1.29, 1.82) is 0 Å². The minimum atomic E-state index is 0.343. The molecule has 3 aromatic heterocycles. The zero-order valence-electron chi connectivity index (χ0n) is 19.6. The maximum atomic E-state index is 6.23. The van der Waals surface area contributed by atoms with Crippen molar-refractivity contribution >= 4 is 22.7 Å². The number of anilines is 2. The van der Waals surface area contributed by atoms with Crippen molar-refractivity contribution in [2.45, 2.75) is 51.6 Å². The number of hydrogen-bond acceptors (Lipinski definition) is 8. The lowest BCUT2D eigenvalue weighted by Crippen LogP contribution is -2.31. The van der Waals surface area contributed by atoms with Crippen molar-refractivity contribution in [3.05, 3.63) is 24.3 Å². The van der Waals surface area contributed by atoms with Gasteiger partial charge >= 0.3 is 0 Å². The maximum absolute atomic E-state index is 6.23. The van der Waals surface area contributed by atoms with Crippen LogP contribution in [0.2, 0.25) is 0 Å². The van der Waals surface area contributed by atoms with Gasteiger partial charge in [0.2, 0.25) is 0 Å². The molecule has 0 spiro atoms. The van der Waals surface area contributed by atoms with Crippen molar-refractivity contribution < 1.29 is 4.74 Å². The van der Waals surface area contributed by atoms with E-state index in [0.717, 1.165) is 80.3 Å². The minimum absolute atomic E-state index is 0.343. The van der Waals surface area contributed by atoms with Crippen LogP contribution in [0, 0.1) is 5.92 Å². The van der Waals surface area contributed by atoms with Gasteiger partial charge in [-0.1, -0.05) is 6.92 Å². The van der Waals surface area contributed by atoms with Crippen LogP contribution in [0.15, 0.2) is 18.6 Å². The van der Waals surface area contributed by atoms with Gasteiger partial charge in [0.05, 0.1) is 11.9 Å². The third-order valence-corrected chi connectivity index (χ3v) is 6.92. The second-order valence-electron chi connectivity index (χ2n) is 9.36. The number of fused-ring (bicyclic) bond motifs is 1. The topological polar surface area (TPSA) is 107 Å². The summed E-state index contributed by atoms with van der Waals surface area (Å²) in [6.45, 7) is 6.90. The van der Waals surface area contributed by atoms with E-state index in [-0.39, 0.29) is 0 Å². The zero-order chi connectivity index (χ0) is 22.8. The molecule has 0 saturated carbocycles. The van der Waals surface area contributed by atoms with Crippen LogP contribution in [0.3, 0.4) is 0 Å². The Morgan fingerprint density at radius 3 is 2.64 bits per heavy atom. The molecule has 3 aromatic rings. The molecule has 0 bridgehead atoms. The van der Waals surface area contributed by atoms with Crippen LogP contribution in [-0.2, 0) is 17.7 Å². The van der Waals surface area contributed by atoms with E-state index in [1.165, 1.54) is 12.8 Å². The quantitative estimate of drug-likeness (QED) is 0.590. The summed E-state index contributed by atoms with van der Waals surface area (Å²) in [5, 5.41) is 8.26. The number of nitrogens with two attached hydrogens (primary N) is 1. The molecule has 5 rings (SSSR count). The summed E-state index contributed by atoms with van der Waals surface area (Å²) in [6, 6.07) is 0.343. The van der Waals surface area contributed by atoms with Crippen molar-refractivity contribution in [3.63, 3.8) is 0 Å². The molecule has 0 atom stereocenters. The van der Waals surface area contributed by atoms with Gasteiger partial charge in [0, 0.05) is 49.3 Å². The van der Waals surface area contributed by atoms with Gasteiger partial charge in [0.1, 0.15) is 16.9 Å². The Labute approximate surface area is 194 Å². The summed E-state index contributed by atoms with van der Waals surface area (Å²) in [5.41, 5.74) is 10.5. The number of rotatable bonds is 6. The van der Waals surface area contributed by atoms with Crippen molar-refractivity contribution in [2.24, 2.45) is 5.92 Å². The Hall–Kier alpha value is -2.78. The van der Waals surface area contributed by atoms with Crippen LogP contribution < -0.4 is 11.1 Å². The van der Waals surface area contributed by atoms with Gasteiger partial charge in [-0.2, -0.15) is 5.10 Å². The molecule has 176 valence electrons. The van der Waals surface area contributed by atoms with Gasteiger partial charge in [-0.15, -0.1) is 0 Å². The van der Waals surface area contributed by atoms with E-state index in [1.54, 1.807) is 6.20 Å². The molecule has 3 N–H and O–H groups in total. The summed E-state index contributed by atoms with van der Waals surface area (Å²) in [4.78, 5) is 16.7. The lowest BCUT2D eigenvalue weighted by molar-refractivity contribution is 0.0903. The predicted octanol–water partition coefficient (Wildman–Crippen LogP) is 2.97. The average molecular weight is 451 g/mol. The van der Waals surface area contributed by atoms with Crippen LogP contribution >= 0.6 is 0 Å². The first-order chi connectivity index (χ1) is 16.1. The summed E-state index contributed by atoms with van der Waals surface area (Å²) < 4.78 is 7.56. The molecular weight excluding hydrogens is 416 g/mol. The minimum Gasteiger partial charge on any atom is -0.382 e. The van der Waals surface area contributed by atoms with E-state index in [1.807, 2.05) is 6.20 Å². The highest BCUT2D eigenvalue weighted by Crippen LogP contribution is 2.31. The fraction of sp³-hybridized carbons (Fsp3) is 0.583. The zero-order valence-corrected chi connectivity index (χ0v) is 19.6. The highest BCUT2D eigenvalue weighted by Gasteiger charge is 2.21. The number of hydrogen-bond donors (Lipinski definition) is 2. The molecule has 0 unspecified atom stereocenters. The monoisotopic (exact) mass is 450 g/mol. The van der Waals surface area contributed by atoms with Crippen LogP contribution in [0.25, 0.3) is 22.2 Å². The Morgan fingerprint density at radius 1 is 1.09 bits per heavy atom. The van der Waals surface area contributed by atoms with Gasteiger partial charge in [-0.25, -0.2) is 15.0 Å². The Balaban J connectivity index is 1.46. The molecular formula is C24H34N8O. The summed E-state index contributed by atoms with van der Waals surface area (Å²) in [7, 11) is 2.19. The van der Waals surface area contributed by atoms with E-state index in [9.17, 15) is 0 Å². The van der Waals surface area contributed by atoms with Crippen molar-refractivity contribution in [2.75, 3.05) is 44.4 Å². The number of nitrogens with zero attached hydrogens (tertiary/aromatic N) is 6. The standard InChI is InChI=1S/C24H34N8O/c1-3-20-24(28-18-6-10-33-11-7-18)30-21-19(13-26-23(25)22(21)29-20)17-12-27-32(15-17)14-16-4-8-31(2)9-5-16/h12-13,15-16,18H,3-11,14H2,1-2H3,(H2,25,26)(H,28,30). The van der Waals surface area contributed by atoms with E-state index in [2.05, 4.69) is 45.1 Å². The van der Waals surface area contributed by atoms with Crippen LogP contribution in [0.1, 0.15) is 38.3 Å². The molecule has 0 radical (unpaired) electrons. The van der Waals surface area contributed by atoms with Crippen LogP contribution in [-0.4, -0.2) is 69.0 Å². The molecule has 5 heterocycles. The first-order valence-corrected chi connectivity index (χ1v) is 12.1. The molecule has 2 saturated heterocycles. The second kappa shape index (κ2) is 9.61. The SMILES string of the molecule is CCc1nc2c(N)ncc(-c3cnn(CC4CCN(C)CC4)c3)c2nc1NC1CCOCC1. The number of nitrogens with one attached hydrogen (secondary N) is 1. The number of ether oxygens (including phenoxy) is 1. The van der Waals surface area contributed by atoms with Gasteiger partial charge < -0.3 is 20.7 Å². The molecule has 0 aromatic carbocycles. The van der Waals surface area contributed by atoms with Gasteiger partial charge in [0.25, 0.3) is 0 Å². The Bertz CT molecular complexity index is 1100. The Morgan fingerprint density at radius 2 is 1.88 bits per heavy atom. The van der Waals surface area contributed by atoms with E-state index in [4.69, 9.17) is 20.4 Å². The number of nitrogen functional groups attached to an aromatic ring is 1. The van der Waals surface area contributed by atoms with E-state index in [0.29, 0.717) is 23.3 Å². The number of likely N-dealkylation sites (tertiary alicyclic amines) is 1. The molecule has 0 amide bonds. The normalized spacial score (nSPS) is 18.7. The van der Waals surface area contributed by atoms with Gasteiger partial charge in [-0.3, -0.25) is 4.68 Å². The largest absolute Gasteiger partial charge is 0.382 e. The number of piperidine rings is 1. The fourth-order valence-corrected chi connectivity index (χ4v) is 4.81. The lowest BCUT2D eigenvalue weighted by atomic mass is 9.97. The van der Waals surface area contributed by atoms with Crippen molar-refractivity contribution in [3.8, 4) is 11.1 Å². The highest BCUT2D eigenvalue weighted by molar-refractivity contribution is 5.96. The first kappa shape index (κ1) is 22.0. The van der Waals surface area contributed by atoms with E-state index < -0.39 is 0 Å². The highest BCUT2D eigenvalue weighted by atomic mass is 16.5. The summed E-state index contributed by atoms with van der Waals surface area (Å²) in [5.74, 6) is 1.91. The number of aromatic nitrogens is 5. The summed E-state index contributed by atoms with van der Waals surface area (Å²) >= 11 is 0. The third kappa shape index (κ3) is 4.79.